The Morgan fingerprint density at radius 2 is 2.05 bits per heavy atom. The molecule has 1 amide bonds. The van der Waals surface area contributed by atoms with Crippen molar-refractivity contribution in [1.82, 2.24) is 0 Å². The zero-order chi connectivity index (χ0) is 15.4. The predicted molar refractivity (Wildman–Crippen MR) is 91.3 cm³/mol. The molecule has 0 spiro atoms. The molecule has 0 fully saturated rings. The summed E-state index contributed by atoms with van der Waals surface area (Å²) in [5.74, 6) is -0.00851. The third kappa shape index (κ3) is 4.48. The molecule has 112 valence electrons. The third-order valence-electron chi connectivity index (χ3n) is 3.11. The van der Waals surface area contributed by atoms with Crippen LogP contribution in [0, 0.1) is 12.8 Å². The Morgan fingerprint density at radius 3 is 2.67 bits per heavy atom. The van der Waals surface area contributed by atoms with E-state index >= 15 is 0 Å². The van der Waals surface area contributed by atoms with Gasteiger partial charge in [-0.05, 0) is 36.8 Å². The number of halogens is 1. The van der Waals surface area contributed by atoms with Gasteiger partial charge in [0.15, 0.2) is 0 Å². The van der Waals surface area contributed by atoms with E-state index in [1.165, 1.54) is 4.88 Å². The van der Waals surface area contributed by atoms with Crippen LogP contribution < -0.4 is 10.6 Å². The van der Waals surface area contributed by atoms with Crippen molar-refractivity contribution in [3.8, 4) is 0 Å². The number of benzene rings is 1. The first-order valence-corrected chi connectivity index (χ1v) is 8.05. The SMILES string of the molecule is Cc1ccc(NC(=O)C(C)C)cc1NCc1ccc(Cl)s1. The zero-order valence-corrected chi connectivity index (χ0v) is 13.9. The van der Waals surface area contributed by atoms with Crippen molar-refractivity contribution >= 4 is 40.2 Å². The monoisotopic (exact) mass is 322 g/mol. The van der Waals surface area contributed by atoms with Crippen LogP contribution in [0.3, 0.4) is 0 Å². The van der Waals surface area contributed by atoms with Crippen molar-refractivity contribution < 1.29 is 4.79 Å². The van der Waals surface area contributed by atoms with Crippen LogP contribution in [0.2, 0.25) is 4.34 Å². The molecule has 3 nitrogen and oxygen atoms in total. The van der Waals surface area contributed by atoms with Gasteiger partial charge in [0.25, 0.3) is 0 Å². The minimum Gasteiger partial charge on any atom is -0.380 e. The van der Waals surface area contributed by atoms with Crippen LogP contribution in [0.5, 0.6) is 0 Å². The van der Waals surface area contributed by atoms with Gasteiger partial charge in [0.05, 0.1) is 4.34 Å². The van der Waals surface area contributed by atoms with Crippen LogP contribution in [0.1, 0.15) is 24.3 Å². The second-order valence-corrected chi connectivity index (χ2v) is 7.03. The number of hydrogen-bond donors (Lipinski definition) is 2. The highest BCUT2D eigenvalue weighted by Crippen LogP contribution is 2.25. The summed E-state index contributed by atoms with van der Waals surface area (Å²) in [5, 5.41) is 6.30. The number of aryl methyl sites for hydroxylation is 1. The van der Waals surface area contributed by atoms with E-state index in [-0.39, 0.29) is 11.8 Å². The maximum absolute atomic E-state index is 11.7. The Balaban J connectivity index is 2.06. The lowest BCUT2D eigenvalue weighted by Gasteiger charge is -2.13. The van der Waals surface area contributed by atoms with E-state index in [2.05, 4.69) is 10.6 Å². The highest BCUT2D eigenvalue weighted by atomic mass is 35.5. The highest BCUT2D eigenvalue weighted by Gasteiger charge is 2.08. The molecule has 0 saturated heterocycles. The molecule has 0 radical (unpaired) electrons. The van der Waals surface area contributed by atoms with E-state index in [4.69, 9.17) is 11.6 Å². The molecule has 0 bridgehead atoms. The standard InChI is InChI=1S/C16H19ClN2OS/c1-10(2)16(20)19-12-5-4-11(3)14(8-12)18-9-13-6-7-15(17)21-13/h4-8,10,18H,9H2,1-3H3,(H,19,20). The molecule has 0 saturated carbocycles. The van der Waals surface area contributed by atoms with Crippen molar-refractivity contribution in [3.63, 3.8) is 0 Å². The quantitative estimate of drug-likeness (QED) is 0.820. The molecule has 2 aromatic rings. The van der Waals surface area contributed by atoms with Crippen molar-refractivity contribution in [2.45, 2.75) is 27.3 Å². The number of rotatable bonds is 5. The van der Waals surface area contributed by atoms with Crippen LogP contribution in [-0.2, 0) is 11.3 Å². The van der Waals surface area contributed by atoms with E-state index in [1.807, 2.05) is 51.1 Å². The molecule has 2 rings (SSSR count). The van der Waals surface area contributed by atoms with E-state index < -0.39 is 0 Å². The molecule has 0 aliphatic heterocycles. The normalized spacial score (nSPS) is 10.7. The van der Waals surface area contributed by atoms with Crippen molar-refractivity contribution in [1.29, 1.82) is 0 Å². The van der Waals surface area contributed by atoms with Crippen molar-refractivity contribution in [2.75, 3.05) is 10.6 Å². The Morgan fingerprint density at radius 1 is 1.29 bits per heavy atom. The fourth-order valence-electron chi connectivity index (χ4n) is 1.81. The average molecular weight is 323 g/mol. The molecular weight excluding hydrogens is 304 g/mol. The smallest absolute Gasteiger partial charge is 0.226 e. The first-order chi connectivity index (χ1) is 9.95. The van der Waals surface area contributed by atoms with Crippen molar-refractivity contribution in [2.24, 2.45) is 5.92 Å². The van der Waals surface area contributed by atoms with Crippen LogP contribution in [0.25, 0.3) is 0 Å². The minimum absolute atomic E-state index is 0.0230. The fourth-order valence-corrected chi connectivity index (χ4v) is 2.83. The third-order valence-corrected chi connectivity index (χ3v) is 4.34. The predicted octanol–water partition coefficient (Wildman–Crippen LogP) is 4.92. The Hall–Kier alpha value is -1.52. The first kappa shape index (κ1) is 15.9. The molecule has 21 heavy (non-hydrogen) atoms. The molecule has 0 atom stereocenters. The molecule has 1 aromatic heterocycles. The molecule has 0 aliphatic rings. The van der Waals surface area contributed by atoms with Crippen LogP contribution in [-0.4, -0.2) is 5.91 Å². The second kappa shape index (κ2) is 6.96. The number of nitrogens with one attached hydrogen (secondary N) is 2. The summed E-state index contributed by atoms with van der Waals surface area (Å²) in [6, 6.07) is 9.79. The number of thiophene rings is 1. The van der Waals surface area contributed by atoms with E-state index in [9.17, 15) is 4.79 Å². The molecular formula is C16H19ClN2OS. The lowest BCUT2D eigenvalue weighted by atomic mass is 10.1. The first-order valence-electron chi connectivity index (χ1n) is 6.85. The highest BCUT2D eigenvalue weighted by molar-refractivity contribution is 7.16. The molecule has 2 N–H and O–H groups in total. The van der Waals surface area contributed by atoms with Gasteiger partial charge in [-0.1, -0.05) is 31.5 Å². The van der Waals surface area contributed by atoms with Gasteiger partial charge in [-0.25, -0.2) is 0 Å². The summed E-state index contributed by atoms with van der Waals surface area (Å²) in [5.41, 5.74) is 2.97. The molecule has 0 aliphatic carbocycles. The summed E-state index contributed by atoms with van der Waals surface area (Å²) < 4.78 is 0.793. The van der Waals surface area contributed by atoms with E-state index in [1.54, 1.807) is 11.3 Å². The van der Waals surface area contributed by atoms with Crippen LogP contribution >= 0.6 is 22.9 Å². The van der Waals surface area contributed by atoms with E-state index in [0.717, 1.165) is 27.8 Å². The van der Waals surface area contributed by atoms with Gasteiger partial charge in [-0.3, -0.25) is 4.79 Å². The number of anilines is 2. The fraction of sp³-hybridized carbons (Fsp3) is 0.312. The largest absolute Gasteiger partial charge is 0.380 e. The molecule has 0 unspecified atom stereocenters. The number of carbonyl (C=O) groups excluding carboxylic acids is 1. The lowest BCUT2D eigenvalue weighted by Crippen LogP contribution is -2.17. The maximum atomic E-state index is 11.7. The number of amides is 1. The van der Waals surface area contributed by atoms with Crippen molar-refractivity contribution in [3.05, 3.63) is 45.1 Å². The summed E-state index contributed by atoms with van der Waals surface area (Å²) in [6.45, 7) is 6.52. The lowest BCUT2D eigenvalue weighted by molar-refractivity contribution is -0.118. The summed E-state index contributed by atoms with van der Waals surface area (Å²) >= 11 is 7.49. The topological polar surface area (TPSA) is 41.1 Å². The van der Waals surface area contributed by atoms with E-state index in [0.29, 0.717) is 0 Å². The minimum atomic E-state index is -0.0315. The van der Waals surface area contributed by atoms with Crippen LogP contribution in [0.15, 0.2) is 30.3 Å². The number of hydrogen-bond acceptors (Lipinski definition) is 3. The second-order valence-electron chi connectivity index (χ2n) is 5.23. The van der Waals surface area contributed by atoms with Gasteiger partial charge in [-0.15, -0.1) is 11.3 Å². The van der Waals surface area contributed by atoms with Gasteiger partial charge >= 0.3 is 0 Å². The van der Waals surface area contributed by atoms with Gasteiger partial charge < -0.3 is 10.6 Å². The average Bonchev–Trinajstić information content (AvgIpc) is 2.85. The molecule has 5 heteroatoms. The van der Waals surface area contributed by atoms with Gasteiger partial charge in [-0.2, -0.15) is 0 Å². The molecule has 1 heterocycles. The van der Waals surface area contributed by atoms with Gasteiger partial charge in [0.2, 0.25) is 5.91 Å². The Labute approximate surface area is 134 Å². The molecule has 1 aromatic carbocycles. The maximum Gasteiger partial charge on any atom is 0.226 e. The number of carbonyl (C=O) groups is 1. The zero-order valence-electron chi connectivity index (χ0n) is 12.4. The Kier molecular flexibility index (Phi) is 5.26. The van der Waals surface area contributed by atoms with Gasteiger partial charge in [0, 0.05) is 28.7 Å². The Bertz CT molecular complexity index is 637. The summed E-state index contributed by atoms with van der Waals surface area (Å²) in [7, 11) is 0. The summed E-state index contributed by atoms with van der Waals surface area (Å²) in [4.78, 5) is 12.9. The van der Waals surface area contributed by atoms with Crippen LogP contribution in [0.4, 0.5) is 11.4 Å². The van der Waals surface area contributed by atoms with Gasteiger partial charge in [0.1, 0.15) is 0 Å². The summed E-state index contributed by atoms with van der Waals surface area (Å²) in [6.07, 6.45) is 0.